The molecule has 27 heavy (non-hydrogen) atoms. The van der Waals surface area contributed by atoms with E-state index in [1.807, 2.05) is 18.3 Å². The van der Waals surface area contributed by atoms with Crippen LogP contribution in [0.25, 0.3) is 0 Å². The van der Waals surface area contributed by atoms with Crippen LogP contribution >= 0.6 is 0 Å². The topological polar surface area (TPSA) is 163 Å². The molecule has 11 heteroatoms. The van der Waals surface area contributed by atoms with Crippen molar-refractivity contribution in [2.75, 3.05) is 0 Å². The average Bonchev–Trinajstić information content (AvgIpc) is 2.63. The number of aromatic hydroxyl groups is 1. The van der Waals surface area contributed by atoms with Gasteiger partial charge >= 0.3 is 11.4 Å². The smallest absolute Gasteiger partial charge is 0.324 e. The third kappa shape index (κ3) is 6.65. The molecule has 11 nitrogen and oxygen atoms in total. The van der Waals surface area contributed by atoms with Crippen LogP contribution in [0.15, 0.2) is 36.5 Å². The lowest BCUT2D eigenvalue weighted by molar-refractivity contribution is -0.404. The minimum Gasteiger partial charge on any atom is -0.497 e. The Kier molecular flexibility index (Phi) is 8.23. The van der Waals surface area contributed by atoms with Crippen molar-refractivity contribution in [2.24, 2.45) is 0 Å². The number of nitrogens with zero attached hydrogens (tertiary/aromatic N) is 4. The van der Waals surface area contributed by atoms with Crippen molar-refractivity contribution in [2.45, 2.75) is 32.6 Å². The number of nitro groups is 3. The molecule has 1 N–H and O–H groups in total. The molecule has 1 aromatic heterocycles. The van der Waals surface area contributed by atoms with E-state index >= 15 is 0 Å². The van der Waals surface area contributed by atoms with E-state index in [-0.39, 0.29) is 0 Å². The second kappa shape index (κ2) is 10.4. The zero-order chi connectivity index (χ0) is 20.4. The number of pyridine rings is 1. The molecule has 0 amide bonds. The molecule has 0 unspecified atom stereocenters. The molecule has 2 rings (SSSR count). The fraction of sp³-hybridized carbons (Fsp3) is 0.312. The first-order valence-electron chi connectivity index (χ1n) is 7.98. The summed E-state index contributed by atoms with van der Waals surface area (Å²) in [5.74, 6) is -1.21. The molecule has 1 heterocycles. The summed E-state index contributed by atoms with van der Waals surface area (Å²) in [5, 5.41) is 40.2. The molecular formula is C16H18N4O7. The van der Waals surface area contributed by atoms with Gasteiger partial charge in [-0.2, -0.15) is 0 Å². The minimum absolute atomic E-state index is 0.447. The molecule has 144 valence electrons. The van der Waals surface area contributed by atoms with Gasteiger partial charge in [0.2, 0.25) is 0 Å². The van der Waals surface area contributed by atoms with Gasteiger partial charge < -0.3 is 5.11 Å². The summed E-state index contributed by atoms with van der Waals surface area (Å²) < 4.78 is 0. The van der Waals surface area contributed by atoms with E-state index in [0.717, 1.165) is 6.42 Å². The van der Waals surface area contributed by atoms with Crippen LogP contribution in [0.3, 0.4) is 0 Å². The Morgan fingerprint density at radius 2 is 1.56 bits per heavy atom. The highest BCUT2D eigenvalue weighted by atomic mass is 16.6. The van der Waals surface area contributed by atoms with Crippen molar-refractivity contribution in [1.82, 2.24) is 4.98 Å². The molecule has 0 fully saturated rings. The number of hydrogen-bond donors (Lipinski definition) is 1. The van der Waals surface area contributed by atoms with Crippen LogP contribution in [0.2, 0.25) is 0 Å². The number of non-ortho nitro benzene ring substituents is 1. The summed E-state index contributed by atoms with van der Waals surface area (Å²) in [6.07, 6.45) is 6.87. The monoisotopic (exact) mass is 378 g/mol. The summed E-state index contributed by atoms with van der Waals surface area (Å²) in [4.78, 5) is 32.0. The molecule has 0 aliphatic carbocycles. The standard InChI is InChI=1S/C10H15N.C6H3N3O7/c1-2-3-4-7-10-8-5-6-9-11-10;10-6-4(8(13)14)1-3(7(11)12)2-5(6)9(15)16/h5-6,8-9H,2-4,7H2,1H3;1-2,10H. The largest absolute Gasteiger partial charge is 0.497 e. The van der Waals surface area contributed by atoms with Gasteiger partial charge in [-0.1, -0.05) is 25.8 Å². The lowest BCUT2D eigenvalue weighted by Crippen LogP contribution is -1.97. The number of rotatable bonds is 7. The fourth-order valence-corrected chi connectivity index (χ4v) is 2.08. The highest BCUT2D eigenvalue weighted by Gasteiger charge is 2.30. The van der Waals surface area contributed by atoms with Crippen LogP contribution in [-0.2, 0) is 6.42 Å². The van der Waals surface area contributed by atoms with Crippen molar-refractivity contribution in [3.63, 3.8) is 0 Å². The van der Waals surface area contributed by atoms with Gasteiger partial charge in [0.1, 0.15) is 0 Å². The van der Waals surface area contributed by atoms with Gasteiger partial charge in [-0.05, 0) is 25.0 Å². The number of aromatic nitrogens is 1. The van der Waals surface area contributed by atoms with Crippen molar-refractivity contribution in [3.05, 3.63) is 72.6 Å². The van der Waals surface area contributed by atoms with E-state index in [4.69, 9.17) is 5.11 Å². The van der Waals surface area contributed by atoms with E-state index in [1.54, 1.807) is 0 Å². The van der Waals surface area contributed by atoms with Crippen molar-refractivity contribution >= 4 is 17.1 Å². The van der Waals surface area contributed by atoms with Gasteiger partial charge in [-0.3, -0.25) is 35.3 Å². The van der Waals surface area contributed by atoms with Crippen LogP contribution in [0, 0.1) is 30.3 Å². The van der Waals surface area contributed by atoms with Gasteiger partial charge in [0, 0.05) is 11.9 Å². The predicted molar refractivity (Wildman–Crippen MR) is 95.5 cm³/mol. The molecule has 1 aromatic carbocycles. The quantitative estimate of drug-likeness (QED) is 0.430. The van der Waals surface area contributed by atoms with Gasteiger partial charge in [-0.25, -0.2) is 0 Å². The Morgan fingerprint density at radius 3 is 1.96 bits per heavy atom. The SMILES string of the molecule is CCCCCc1ccccn1.O=[N+]([O-])c1cc([N+](=O)[O-])c(O)c([N+](=O)[O-])c1. The summed E-state index contributed by atoms with van der Waals surface area (Å²) >= 11 is 0. The number of aryl methyl sites for hydroxylation is 1. The third-order valence-electron chi connectivity index (χ3n) is 3.42. The summed E-state index contributed by atoms with van der Waals surface area (Å²) in [7, 11) is 0. The maximum absolute atomic E-state index is 10.4. The highest BCUT2D eigenvalue weighted by Crippen LogP contribution is 2.38. The maximum atomic E-state index is 10.4. The zero-order valence-electron chi connectivity index (χ0n) is 14.5. The molecule has 0 atom stereocenters. The van der Waals surface area contributed by atoms with Crippen LogP contribution in [0.1, 0.15) is 31.9 Å². The molecular weight excluding hydrogens is 360 g/mol. The molecule has 0 spiro atoms. The van der Waals surface area contributed by atoms with Crippen LogP contribution in [-0.4, -0.2) is 24.9 Å². The van der Waals surface area contributed by atoms with Crippen molar-refractivity contribution in [3.8, 4) is 5.75 Å². The second-order valence-electron chi connectivity index (χ2n) is 5.38. The summed E-state index contributed by atoms with van der Waals surface area (Å²) in [5.41, 5.74) is -1.78. The van der Waals surface area contributed by atoms with Crippen LogP contribution in [0.5, 0.6) is 5.75 Å². The van der Waals surface area contributed by atoms with E-state index in [1.165, 1.54) is 25.0 Å². The third-order valence-corrected chi connectivity index (χ3v) is 3.42. The molecule has 0 radical (unpaired) electrons. The highest BCUT2D eigenvalue weighted by molar-refractivity contribution is 5.64. The lowest BCUT2D eigenvalue weighted by Gasteiger charge is -1.97. The maximum Gasteiger partial charge on any atom is 0.324 e. The number of benzene rings is 1. The first-order valence-corrected chi connectivity index (χ1v) is 7.98. The Labute approximate surface area is 153 Å². The van der Waals surface area contributed by atoms with Gasteiger partial charge in [0.05, 0.1) is 26.9 Å². The number of unbranched alkanes of at least 4 members (excludes halogenated alkanes) is 2. The fourth-order valence-electron chi connectivity index (χ4n) is 2.08. The summed E-state index contributed by atoms with van der Waals surface area (Å²) in [6.45, 7) is 2.22. The van der Waals surface area contributed by atoms with Gasteiger partial charge in [-0.15, -0.1) is 0 Å². The summed E-state index contributed by atoms with van der Waals surface area (Å²) in [6, 6.07) is 7.00. The predicted octanol–water partition coefficient (Wildman–Crippen LogP) is 3.93. The molecule has 0 aliphatic heterocycles. The van der Waals surface area contributed by atoms with Gasteiger partial charge in [0.15, 0.2) is 0 Å². The minimum atomic E-state index is -1.21. The molecule has 2 aromatic rings. The van der Waals surface area contributed by atoms with Gasteiger partial charge in [0.25, 0.3) is 11.4 Å². The molecule has 0 saturated carbocycles. The molecule has 0 aliphatic rings. The molecule has 0 bridgehead atoms. The van der Waals surface area contributed by atoms with Crippen LogP contribution in [0.4, 0.5) is 17.1 Å². The number of phenols is 1. The first kappa shape index (κ1) is 21.4. The van der Waals surface area contributed by atoms with Crippen molar-refractivity contribution in [1.29, 1.82) is 0 Å². The zero-order valence-corrected chi connectivity index (χ0v) is 14.5. The Balaban J connectivity index is 0.000000289. The number of nitro benzene ring substituents is 3. The first-order chi connectivity index (χ1) is 12.8. The normalized spacial score (nSPS) is 9.81. The molecule has 0 saturated heterocycles. The average molecular weight is 378 g/mol. The Hall–Kier alpha value is -3.63. The Morgan fingerprint density at radius 1 is 0.963 bits per heavy atom. The van der Waals surface area contributed by atoms with E-state index in [2.05, 4.69) is 18.0 Å². The van der Waals surface area contributed by atoms with E-state index in [9.17, 15) is 30.3 Å². The van der Waals surface area contributed by atoms with E-state index < -0.39 is 37.6 Å². The second-order valence-corrected chi connectivity index (χ2v) is 5.38. The van der Waals surface area contributed by atoms with Crippen LogP contribution < -0.4 is 0 Å². The number of phenolic OH excluding ortho intramolecular Hbond substituents is 1. The van der Waals surface area contributed by atoms with Crippen molar-refractivity contribution < 1.29 is 19.9 Å². The Bertz CT molecular complexity index is 777. The lowest BCUT2D eigenvalue weighted by atomic mass is 10.1. The van der Waals surface area contributed by atoms with E-state index in [0.29, 0.717) is 12.1 Å². The number of hydrogen-bond acceptors (Lipinski definition) is 8.